The molecule has 4 bridgehead atoms. The van der Waals surface area contributed by atoms with Crippen LogP contribution >= 0.6 is 0 Å². The van der Waals surface area contributed by atoms with Crippen molar-refractivity contribution in [1.82, 2.24) is 9.13 Å². The average molecular weight is 927 g/mol. The molecule has 1 N–H and O–H groups in total. The number of aromatic nitrogens is 2. The van der Waals surface area contributed by atoms with Gasteiger partial charge in [-0.3, -0.25) is 14.2 Å². The van der Waals surface area contributed by atoms with E-state index in [9.17, 15) is 24.3 Å². The summed E-state index contributed by atoms with van der Waals surface area (Å²) in [4.78, 5) is 56.2. The van der Waals surface area contributed by atoms with E-state index in [0.717, 1.165) is 38.9 Å². The Hall–Kier alpha value is -3.69. The predicted octanol–water partition coefficient (Wildman–Crippen LogP) is 6.83. The molecule has 1 spiro atoms. The Labute approximate surface area is 379 Å². The fraction of sp³-hybridized carbons (Fsp3) is 0.660. The van der Waals surface area contributed by atoms with Gasteiger partial charge < -0.3 is 42.7 Å². The maximum absolute atomic E-state index is 14.7. The van der Waals surface area contributed by atoms with Crippen molar-refractivity contribution in [3.8, 4) is 0 Å². The Morgan fingerprint density at radius 3 is 2.20 bits per heavy atom. The first-order valence-electron chi connectivity index (χ1n) is 22.8. The van der Waals surface area contributed by atoms with Crippen LogP contribution in [0.5, 0.6) is 0 Å². The van der Waals surface area contributed by atoms with Gasteiger partial charge in [0.15, 0.2) is 8.32 Å². The van der Waals surface area contributed by atoms with Crippen LogP contribution in [-0.2, 0) is 42.4 Å². The zero-order chi connectivity index (χ0) is 46.7. The lowest BCUT2D eigenvalue weighted by Gasteiger charge is -2.49. The lowest BCUT2D eigenvalue weighted by Crippen LogP contribution is -2.59. The van der Waals surface area contributed by atoms with Crippen LogP contribution in [0.15, 0.2) is 60.5 Å². The van der Waals surface area contributed by atoms with Gasteiger partial charge in [0.25, 0.3) is 5.91 Å². The highest BCUT2D eigenvalue weighted by Gasteiger charge is 2.71. The number of hydrogen-bond acceptors (Lipinski definition) is 13. The number of cyclic esters (lactones) is 1. The zero-order valence-electron chi connectivity index (χ0n) is 39.4. The zero-order valence-corrected chi connectivity index (χ0v) is 41.4. The second-order valence-electron chi connectivity index (χ2n) is 19.2. The summed E-state index contributed by atoms with van der Waals surface area (Å²) in [5.41, 5.74) is -0.508. The van der Waals surface area contributed by atoms with Gasteiger partial charge in [-0.2, -0.15) is 0 Å². The normalized spacial score (nSPS) is 31.4. The number of nitrogens with zero attached hydrogens (tertiary/aromatic N) is 2. The first kappa shape index (κ1) is 49.7. The van der Waals surface area contributed by atoms with Crippen LogP contribution in [0.4, 0.5) is 4.79 Å². The van der Waals surface area contributed by atoms with Gasteiger partial charge in [-0.15, -0.1) is 0 Å². The molecule has 0 radical (unpaired) electrons. The molecule has 2 aromatic heterocycles. The van der Waals surface area contributed by atoms with Crippen molar-refractivity contribution >= 4 is 40.3 Å². The number of rotatable bonds is 18. The molecule has 4 heterocycles. The molecule has 6 rings (SSSR count). The molecule has 17 heteroatoms. The Morgan fingerprint density at radius 1 is 0.922 bits per heavy atom. The van der Waals surface area contributed by atoms with E-state index in [-0.39, 0.29) is 43.7 Å². The van der Waals surface area contributed by atoms with Crippen molar-refractivity contribution in [2.75, 3.05) is 47.8 Å². The van der Waals surface area contributed by atoms with E-state index in [1.165, 1.54) is 38.7 Å². The minimum absolute atomic E-state index is 0.00492. The molecule has 2 fully saturated rings. The fourth-order valence-electron chi connectivity index (χ4n) is 10.7. The van der Waals surface area contributed by atoms with Crippen LogP contribution in [0, 0.1) is 35.5 Å². The van der Waals surface area contributed by atoms with E-state index in [4.69, 9.17) is 37.6 Å². The van der Waals surface area contributed by atoms with Crippen LogP contribution < -0.4 is 0 Å². The SMILES string of the molecule is CC[Si](CC)(CC)O[C@H](COC)[C@H]1OC(=O)[C@H](COC)[C@H]2C=C[C@H]3[C@H]4O[C@]2(/C(C)=C/[C@H]1C)[C@@H]3[C@H](O)[C@@H](COC)[C@H]4OC(=O)c1cccn1C(=O)c1cccn1C(=O)OCC[Si](C)(C)C. The topological polar surface area (TPSA) is 172 Å². The molecule has 0 amide bonds. The first-order chi connectivity index (χ1) is 30.5. The van der Waals surface area contributed by atoms with E-state index >= 15 is 0 Å². The molecular weight excluding hydrogens is 857 g/mol. The highest BCUT2D eigenvalue weighted by Crippen LogP contribution is 2.62. The van der Waals surface area contributed by atoms with Crippen molar-refractivity contribution in [3.63, 3.8) is 0 Å². The van der Waals surface area contributed by atoms with Crippen molar-refractivity contribution < 1.29 is 61.9 Å². The number of methoxy groups -OCH3 is 3. The molecular formula is C47H70N2O13Si2. The monoisotopic (exact) mass is 926 g/mol. The maximum Gasteiger partial charge on any atom is 0.418 e. The summed E-state index contributed by atoms with van der Waals surface area (Å²) in [5, 5.41) is 12.6. The Balaban J connectivity index is 1.34. The largest absolute Gasteiger partial charge is 0.459 e. The molecule has 2 aliphatic carbocycles. The standard InChI is InChI=1S/C47H70N2O13Si2/c1-12-64(13-2,14-3)62-37(28-57-8)40-29(4)25-30(5)47-34(32(26-55-6)44(52)59-40)20-19-31-38(47)39(50)33(27-56-7)41(42(31)61-47)60-45(53)36-18-16-21-48(36)43(51)35-17-15-22-49(35)46(54)58-23-24-63(9,10)11/h15-22,25,29,31-34,37-42,50H,12-14,23-24,26-28H2,1-11H3/b30-25+/t29-,31-,32-,33-,34-,37-,38+,39-,40+,41-,42-,47+/m1/s1. The van der Waals surface area contributed by atoms with Crippen molar-refractivity contribution in [1.29, 1.82) is 0 Å². The Morgan fingerprint density at radius 2 is 1.58 bits per heavy atom. The van der Waals surface area contributed by atoms with Gasteiger partial charge in [0.1, 0.15) is 41.4 Å². The molecule has 1 saturated heterocycles. The van der Waals surface area contributed by atoms with Gasteiger partial charge in [-0.1, -0.05) is 65.6 Å². The molecule has 0 aromatic carbocycles. The lowest BCUT2D eigenvalue weighted by molar-refractivity contribution is -0.172. The quantitative estimate of drug-likeness (QED) is 0.0715. The molecule has 0 unspecified atom stereocenters. The number of aliphatic hydroxyl groups is 1. The fourth-order valence-corrected chi connectivity index (χ4v) is 14.2. The smallest absolute Gasteiger partial charge is 0.418 e. The lowest BCUT2D eigenvalue weighted by atomic mass is 9.56. The van der Waals surface area contributed by atoms with Crippen LogP contribution in [0.25, 0.3) is 0 Å². The minimum atomic E-state index is -2.19. The Kier molecular flexibility index (Phi) is 15.9. The molecule has 15 nitrogen and oxygen atoms in total. The van der Waals surface area contributed by atoms with Gasteiger partial charge in [0.2, 0.25) is 0 Å². The van der Waals surface area contributed by atoms with E-state index in [1.54, 1.807) is 19.2 Å². The van der Waals surface area contributed by atoms with Crippen molar-refractivity contribution in [2.24, 2.45) is 35.5 Å². The maximum atomic E-state index is 14.7. The number of hydrogen-bond donors (Lipinski definition) is 1. The summed E-state index contributed by atoms with van der Waals surface area (Å²) < 4.78 is 52.1. The number of aliphatic hydroxyl groups excluding tert-OH is 1. The molecule has 4 aliphatic rings. The van der Waals surface area contributed by atoms with Crippen molar-refractivity contribution in [2.45, 2.75) is 115 Å². The van der Waals surface area contributed by atoms with E-state index in [0.29, 0.717) is 0 Å². The highest BCUT2D eigenvalue weighted by atomic mass is 28.4. The molecule has 2 aliphatic heterocycles. The van der Waals surface area contributed by atoms with Crippen LogP contribution in [0.1, 0.15) is 55.6 Å². The number of carbonyl (C=O) groups is 4. The van der Waals surface area contributed by atoms with Gasteiger partial charge in [-0.05, 0) is 60.9 Å². The second kappa shape index (κ2) is 20.4. The van der Waals surface area contributed by atoms with Gasteiger partial charge >= 0.3 is 18.0 Å². The third-order valence-corrected chi connectivity index (χ3v) is 20.6. The van der Waals surface area contributed by atoms with Crippen LogP contribution in [-0.4, -0.2) is 138 Å². The predicted molar refractivity (Wildman–Crippen MR) is 243 cm³/mol. The summed E-state index contributed by atoms with van der Waals surface area (Å²) in [7, 11) is 1.00. The molecule has 354 valence electrons. The summed E-state index contributed by atoms with van der Waals surface area (Å²) >= 11 is 0. The molecule has 12 atom stereocenters. The second-order valence-corrected chi connectivity index (χ2v) is 29.5. The number of esters is 2. The summed E-state index contributed by atoms with van der Waals surface area (Å²) in [6.07, 6.45) is 4.04. The highest BCUT2D eigenvalue weighted by molar-refractivity contribution is 6.76. The van der Waals surface area contributed by atoms with Gasteiger partial charge in [-0.25, -0.2) is 14.2 Å². The molecule has 1 saturated carbocycles. The number of carbonyl (C=O) groups excluding carboxylic acids is 4. The van der Waals surface area contributed by atoms with Gasteiger partial charge in [0.05, 0.1) is 38.4 Å². The third kappa shape index (κ3) is 9.46. The van der Waals surface area contributed by atoms with E-state index < -0.39 is 106 Å². The summed E-state index contributed by atoms with van der Waals surface area (Å²) in [6, 6.07) is 9.54. The molecule has 64 heavy (non-hydrogen) atoms. The van der Waals surface area contributed by atoms with Crippen LogP contribution in [0.2, 0.25) is 43.8 Å². The summed E-state index contributed by atoms with van der Waals surface area (Å²) in [5.74, 6) is -5.51. The van der Waals surface area contributed by atoms with Crippen LogP contribution in [0.3, 0.4) is 0 Å². The third-order valence-electron chi connectivity index (χ3n) is 14.2. The molecule has 2 aromatic rings. The minimum Gasteiger partial charge on any atom is -0.459 e. The van der Waals surface area contributed by atoms with Crippen molar-refractivity contribution in [3.05, 3.63) is 71.8 Å². The van der Waals surface area contributed by atoms with E-state index in [2.05, 4.69) is 46.5 Å². The first-order valence-corrected chi connectivity index (χ1v) is 29.1. The Bertz CT molecular complexity index is 2030. The average Bonchev–Trinajstić information content (AvgIpc) is 4.00. The summed E-state index contributed by atoms with van der Waals surface area (Å²) in [6.45, 7) is 17.5. The van der Waals surface area contributed by atoms with E-state index in [1.807, 2.05) is 26.0 Å². The van der Waals surface area contributed by atoms with Gasteiger partial charge in [0, 0.05) is 71.4 Å². The number of ether oxygens (including phenoxy) is 7.